The zero-order chi connectivity index (χ0) is 6.99. The molecule has 0 saturated heterocycles. The normalized spacial score (nSPS) is 10.8. The van der Waals surface area contributed by atoms with Gasteiger partial charge in [0.25, 0.3) is 9.41 Å². The van der Waals surface area contributed by atoms with Gasteiger partial charge in [-0.3, -0.25) is 0 Å². The zero-order valence-electron chi connectivity index (χ0n) is 4.54. The summed E-state index contributed by atoms with van der Waals surface area (Å²) in [5.41, 5.74) is 9.79. The largest absolute Gasteiger partial charge is 0.396 e. The summed E-state index contributed by atoms with van der Waals surface area (Å²) >= 11 is 0. The second-order valence-electron chi connectivity index (χ2n) is 1.04. The van der Waals surface area contributed by atoms with Gasteiger partial charge in [0, 0.05) is 6.54 Å². The molecule has 0 aromatic rings. The first-order chi connectivity index (χ1) is 3.81. The van der Waals surface area contributed by atoms with Crippen LogP contribution in [0, 0.1) is 0 Å². The fourth-order valence-corrected chi connectivity index (χ4v) is 0.167. The molecule has 0 amide bonds. The summed E-state index contributed by atoms with van der Waals surface area (Å²) in [4.78, 5) is 0. The lowest BCUT2D eigenvalue weighted by Crippen LogP contribution is -2.31. The molecule has 0 aliphatic carbocycles. The molecular weight excluding hydrogens is 140 g/mol. The van der Waals surface area contributed by atoms with Crippen LogP contribution in [0.4, 0.5) is 0 Å². The third-order valence-electron chi connectivity index (χ3n) is 0.447. The highest BCUT2D eigenvalue weighted by Crippen LogP contribution is 1.54. The van der Waals surface area contributed by atoms with Crippen molar-refractivity contribution in [1.29, 1.82) is 0 Å². The molecule has 0 aromatic carbocycles. The first-order valence-electron chi connectivity index (χ1n) is 2.01. The summed E-state index contributed by atoms with van der Waals surface area (Å²) in [5, 5.41) is 0. The quantitative estimate of drug-likeness (QED) is 0.410. The minimum absolute atomic E-state index is 0.259. The third-order valence-corrected chi connectivity index (χ3v) is 1.07. The molecule has 0 spiro atoms. The van der Waals surface area contributed by atoms with Crippen LogP contribution in [0.25, 0.3) is 0 Å². The van der Waals surface area contributed by atoms with Gasteiger partial charge in [0.05, 0.1) is 5.67 Å². The van der Waals surface area contributed by atoms with Gasteiger partial charge in [-0.15, -0.1) is 0 Å². The van der Waals surface area contributed by atoms with E-state index < -0.39 is 9.41 Å². The lowest BCUT2D eigenvalue weighted by molar-refractivity contribution is 0.566. The van der Waals surface area contributed by atoms with Gasteiger partial charge in [-0.2, -0.15) is 0 Å². The average molecular weight is 150 g/mol. The number of hydrogen-bond donors (Lipinski definition) is 2. The second-order valence-corrected chi connectivity index (χ2v) is 2.16. The highest BCUT2D eigenvalue weighted by atomic mass is 28.2. The minimum Gasteiger partial charge on any atom is -0.396 e. The van der Waals surface area contributed by atoms with E-state index >= 15 is 0 Å². The van der Waals surface area contributed by atoms with Crippen LogP contribution in [-0.4, -0.2) is 31.7 Å². The molecule has 48 valence electrons. The molecule has 0 aromatic heterocycles. The molecule has 0 heterocycles. The third kappa shape index (κ3) is 9.35. The first-order valence-corrected chi connectivity index (χ1v) is 3.72. The van der Waals surface area contributed by atoms with Crippen LogP contribution in [0.1, 0.15) is 0 Å². The highest BCUT2D eigenvalue weighted by molar-refractivity contribution is 6.19. The Morgan fingerprint density at radius 1 is 1.62 bits per heavy atom. The number of nitrogens with two attached hydrogens (primary N) is 2. The van der Waals surface area contributed by atoms with Gasteiger partial charge in [0.1, 0.15) is 0 Å². The maximum Gasteiger partial charge on any atom is 0.280 e. The Morgan fingerprint density at radius 3 is 2.00 bits per heavy atom. The van der Waals surface area contributed by atoms with E-state index in [0.717, 1.165) is 0 Å². The van der Waals surface area contributed by atoms with Crippen molar-refractivity contribution in [2.45, 2.75) is 5.67 Å². The van der Waals surface area contributed by atoms with E-state index in [4.69, 9.17) is 15.9 Å². The summed E-state index contributed by atoms with van der Waals surface area (Å²) in [6, 6.07) is 0. The van der Waals surface area contributed by atoms with Crippen molar-refractivity contribution >= 4 is 19.5 Å². The molecule has 0 bridgehead atoms. The minimum atomic E-state index is -0.862. The summed E-state index contributed by atoms with van der Waals surface area (Å²) in [7, 11) is -0.251. The van der Waals surface area contributed by atoms with Crippen LogP contribution >= 0.6 is 0 Å². The van der Waals surface area contributed by atoms with Gasteiger partial charge in [-0.1, -0.05) is 0 Å². The Morgan fingerprint density at radius 2 is 2.00 bits per heavy atom. The van der Waals surface area contributed by atoms with Crippen LogP contribution in [0.3, 0.4) is 0 Å². The molecule has 6 heteroatoms. The molecule has 8 heavy (non-hydrogen) atoms. The van der Waals surface area contributed by atoms with Crippen molar-refractivity contribution in [3.8, 4) is 0 Å². The van der Waals surface area contributed by atoms with Gasteiger partial charge in [0.2, 0.25) is 10.1 Å². The molecule has 0 radical (unpaired) electrons. The molecule has 4 N–H and O–H groups in total. The molecule has 1 unspecified atom stereocenters. The Hall–Kier alpha value is -0.0462. The Balaban J connectivity index is 0. The second kappa shape index (κ2) is 10.0. The van der Waals surface area contributed by atoms with Crippen LogP contribution in [-0.2, 0) is 8.92 Å². The summed E-state index contributed by atoms with van der Waals surface area (Å²) in [5.74, 6) is 0. The van der Waals surface area contributed by atoms with Crippen molar-refractivity contribution in [2.24, 2.45) is 11.5 Å². The summed E-state index contributed by atoms with van der Waals surface area (Å²) in [6.45, 7) is 0.332. The van der Waals surface area contributed by atoms with E-state index in [1.807, 2.05) is 0 Å². The predicted molar refractivity (Wildman–Crippen MR) is 34.1 cm³/mol. The summed E-state index contributed by atoms with van der Waals surface area (Å²) in [6.07, 6.45) is 0. The Labute approximate surface area is 53.0 Å². The number of rotatable bonds is 2. The Bertz CT molecular complexity index is 62.0. The van der Waals surface area contributed by atoms with Crippen molar-refractivity contribution in [3.63, 3.8) is 0 Å². The monoisotopic (exact) mass is 150 g/mol. The van der Waals surface area contributed by atoms with E-state index in [0.29, 0.717) is 16.7 Å². The van der Waals surface area contributed by atoms with Crippen molar-refractivity contribution < 1.29 is 8.92 Å². The molecular formula is C2H10N2O2Si2. The first kappa shape index (κ1) is 10.8. The molecule has 0 saturated carbocycles. The van der Waals surface area contributed by atoms with E-state index in [2.05, 4.69) is 0 Å². The van der Waals surface area contributed by atoms with Crippen LogP contribution in [0.2, 0.25) is 0 Å². The maximum atomic E-state index is 9.74. The lowest BCUT2D eigenvalue weighted by atomic mass is 10.7. The van der Waals surface area contributed by atoms with Gasteiger partial charge in [0.15, 0.2) is 0 Å². The highest BCUT2D eigenvalue weighted by Gasteiger charge is 1.91. The number of hydrogen-bond acceptors (Lipinski definition) is 4. The van der Waals surface area contributed by atoms with Gasteiger partial charge >= 0.3 is 0 Å². The van der Waals surface area contributed by atoms with Crippen LogP contribution in [0.15, 0.2) is 0 Å². The average Bonchev–Trinajstić information content (AvgIpc) is 1.91. The molecule has 4 nitrogen and oxygen atoms in total. The van der Waals surface area contributed by atoms with Gasteiger partial charge < -0.3 is 20.4 Å². The molecule has 1 atom stereocenters. The van der Waals surface area contributed by atoms with Crippen molar-refractivity contribution in [2.75, 3.05) is 6.54 Å². The zero-order valence-corrected chi connectivity index (χ0v) is 7.11. The van der Waals surface area contributed by atoms with Crippen molar-refractivity contribution in [3.05, 3.63) is 0 Å². The van der Waals surface area contributed by atoms with Crippen molar-refractivity contribution in [1.82, 2.24) is 0 Å². The fraction of sp³-hybridized carbons (Fsp3) is 1.00. The maximum absolute atomic E-state index is 9.74. The predicted octanol–water partition coefficient (Wildman–Crippen LogP) is -3.02. The van der Waals surface area contributed by atoms with E-state index in [1.165, 1.54) is 0 Å². The standard InChI is InChI=1S/C2H8N2OSi.H2OSi/c3-1-2(4)6-5;1-2/h2,6H,1,3-4H2;2H2. The lowest BCUT2D eigenvalue weighted by Gasteiger charge is -1.90. The molecule has 0 aliphatic heterocycles. The molecule has 0 fully saturated rings. The topological polar surface area (TPSA) is 86.2 Å². The smallest absolute Gasteiger partial charge is 0.280 e. The van der Waals surface area contributed by atoms with E-state index in [1.54, 1.807) is 0 Å². The molecule has 0 rings (SSSR count). The molecule has 0 aliphatic rings. The van der Waals surface area contributed by atoms with E-state index in [9.17, 15) is 4.46 Å². The SMILES string of the molecule is NCC(N)[SiH]=O.O=[SiH2]. The van der Waals surface area contributed by atoms with Gasteiger partial charge in [-0.05, 0) is 0 Å². The van der Waals surface area contributed by atoms with Crippen LogP contribution < -0.4 is 11.5 Å². The summed E-state index contributed by atoms with van der Waals surface area (Å²) < 4.78 is 18.0. The fourth-order valence-electron chi connectivity index (χ4n) is 0.0556. The van der Waals surface area contributed by atoms with E-state index in [-0.39, 0.29) is 5.67 Å². The Kier molecular flexibility index (Phi) is 13.6. The van der Waals surface area contributed by atoms with Crippen LogP contribution in [0.5, 0.6) is 0 Å². The van der Waals surface area contributed by atoms with Gasteiger partial charge in [-0.25, -0.2) is 0 Å².